The Morgan fingerprint density at radius 2 is 1.92 bits per heavy atom. The SMILES string of the molecule is COc1ccc(CN2C[C@H]3CC[C@@H](C2)N(Cc2nnc(C)o2)C3)cc1. The summed E-state index contributed by atoms with van der Waals surface area (Å²) < 4.78 is 10.8. The number of rotatable bonds is 5. The molecule has 2 atom stereocenters. The molecule has 0 unspecified atom stereocenters. The summed E-state index contributed by atoms with van der Waals surface area (Å²) in [6, 6.07) is 9.01. The molecule has 3 saturated heterocycles. The molecule has 3 aliphatic rings. The van der Waals surface area contributed by atoms with Crippen LogP contribution in [-0.4, -0.2) is 52.8 Å². The zero-order valence-electron chi connectivity index (χ0n) is 15.0. The fraction of sp³-hybridized carbons (Fsp3) is 0.579. The molecule has 1 aromatic heterocycles. The molecule has 2 aromatic rings. The third-order valence-corrected chi connectivity index (χ3v) is 5.37. The predicted molar refractivity (Wildman–Crippen MR) is 94.2 cm³/mol. The van der Waals surface area contributed by atoms with Gasteiger partial charge in [0.05, 0.1) is 13.7 Å². The second kappa shape index (κ2) is 7.14. The van der Waals surface area contributed by atoms with E-state index in [4.69, 9.17) is 9.15 Å². The predicted octanol–water partition coefficient (Wildman–Crippen LogP) is 2.48. The minimum absolute atomic E-state index is 0.573. The van der Waals surface area contributed by atoms with Crippen LogP contribution in [0.1, 0.15) is 30.2 Å². The maximum atomic E-state index is 5.59. The Kier molecular flexibility index (Phi) is 4.72. The topological polar surface area (TPSA) is 54.6 Å². The van der Waals surface area contributed by atoms with E-state index in [0.717, 1.165) is 43.7 Å². The molecule has 3 fully saturated rings. The first-order chi connectivity index (χ1) is 12.2. The smallest absolute Gasteiger partial charge is 0.230 e. The number of fused-ring (bicyclic) bond motifs is 4. The number of aryl methyl sites for hydroxylation is 1. The molecule has 2 bridgehead atoms. The van der Waals surface area contributed by atoms with Crippen LogP contribution in [0.25, 0.3) is 0 Å². The molecule has 3 aliphatic heterocycles. The molecule has 0 radical (unpaired) electrons. The maximum Gasteiger partial charge on any atom is 0.230 e. The molecular weight excluding hydrogens is 316 g/mol. The van der Waals surface area contributed by atoms with Crippen LogP contribution in [0.2, 0.25) is 0 Å². The average molecular weight is 342 g/mol. The van der Waals surface area contributed by atoms with E-state index in [2.05, 4.69) is 32.1 Å². The first-order valence-electron chi connectivity index (χ1n) is 9.08. The maximum absolute atomic E-state index is 5.59. The van der Waals surface area contributed by atoms with E-state index in [-0.39, 0.29) is 0 Å². The largest absolute Gasteiger partial charge is 0.497 e. The van der Waals surface area contributed by atoms with Crippen molar-refractivity contribution in [1.29, 1.82) is 0 Å². The van der Waals surface area contributed by atoms with Gasteiger partial charge in [0.2, 0.25) is 11.8 Å². The van der Waals surface area contributed by atoms with Gasteiger partial charge in [-0.2, -0.15) is 0 Å². The third-order valence-electron chi connectivity index (χ3n) is 5.37. The van der Waals surface area contributed by atoms with Crippen molar-refractivity contribution in [2.24, 2.45) is 5.92 Å². The van der Waals surface area contributed by atoms with Crippen molar-refractivity contribution in [3.05, 3.63) is 41.6 Å². The van der Waals surface area contributed by atoms with E-state index < -0.39 is 0 Å². The van der Waals surface area contributed by atoms with Gasteiger partial charge in [0.1, 0.15) is 5.75 Å². The molecule has 5 rings (SSSR count). The summed E-state index contributed by atoms with van der Waals surface area (Å²) in [6.07, 6.45) is 2.58. The third kappa shape index (κ3) is 3.85. The average Bonchev–Trinajstić information content (AvgIpc) is 2.84. The van der Waals surface area contributed by atoms with Gasteiger partial charge in [-0.05, 0) is 36.5 Å². The molecular formula is C19H26N4O2. The summed E-state index contributed by atoms with van der Waals surface area (Å²) in [6.45, 7) is 7.04. The van der Waals surface area contributed by atoms with Gasteiger partial charge in [0.15, 0.2) is 0 Å². The molecule has 0 saturated carbocycles. The van der Waals surface area contributed by atoms with Gasteiger partial charge in [0.25, 0.3) is 0 Å². The van der Waals surface area contributed by atoms with Crippen molar-refractivity contribution in [2.45, 2.75) is 38.9 Å². The Bertz CT molecular complexity index is 700. The number of hydrogen-bond acceptors (Lipinski definition) is 6. The first-order valence-corrected chi connectivity index (χ1v) is 9.08. The van der Waals surface area contributed by atoms with Crippen molar-refractivity contribution >= 4 is 0 Å². The lowest BCUT2D eigenvalue weighted by molar-refractivity contribution is 0.111. The molecule has 25 heavy (non-hydrogen) atoms. The summed E-state index contributed by atoms with van der Waals surface area (Å²) in [7, 11) is 1.71. The van der Waals surface area contributed by atoms with E-state index in [1.165, 1.54) is 24.9 Å². The van der Waals surface area contributed by atoms with Crippen LogP contribution in [0.5, 0.6) is 5.75 Å². The first kappa shape index (κ1) is 16.5. The van der Waals surface area contributed by atoms with Crippen LogP contribution in [0.4, 0.5) is 0 Å². The van der Waals surface area contributed by atoms with Crippen LogP contribution < -0.4 is 4.74 Å². The van der Waals surface area contributed by atoms with Crippen LogP contribution >= 0.6 is 0 Å². The van der Waals surface area contributed by atoms with E-state index in [0.29, 0.717) is 11.9 Å². The monoisotopic (exact) mass is 342 g/mol. The molecule has 6 heteroatoms. The number of methoxy groups -OCH3 is 1. The highest BCUT2D eigenvalue weighted by atomic mass is 16.5. The van der Waals surface area contributed by atoms with E-state index in [9.17, 15) is 0 Å². The minimum Gasteiger partial charge on any atom is -0.497 e. The number of piperidine rings is 1. The summed E-state index contributed by atoms with van der Waals surface area (Å²) in [5, 5.41) is 8.13. The number of aromatic nitrogens is 2. The van der Waals surface area contributed by atoms with Gasteiger partial charge in [-0.25, -0.2) is 0 Å². The van der Waals surface area contributed by atoms with Crippen molar-refractivity contribution in [3.63, 3.8) is 0 Å². The second-order valence-corrected chi connectivity index (χ2v) is 7.28. The van der Waals surface area contributed by atoms with Crippen molar-refractivity contribution in [1.82, 2.24) is 20.0 Å². The van der Waals surface area contributed by atoms with Gasteiger partial charge < -0.3 is 9.15 Å². The summed E-state index contributed by atoms with van der Waals surface area (Å²) in [5.41, 5.74) is 1.35. The van der Waals surface area contributed by atoms with E-state index in [1.807, 2.05) is 19.1 Å². The van der Waals surface area contributed by atoms with Crippen LogP contribution in [0.15, 0.2) is 28.7 Å². The highest BCUT2D eigenvalue weighted by molar-refractivity contribution is 5.27. The van der Waals surface area contributed by atoms with Crippen LogP contribution in [-0.2, 0) is 13.1 Å². The fourth-order valence-corrected chi connectivity index (χ4v) is 4.16. The Hall–Kier alpha value is -1.92. The number of ether oxygens (including phenoxy) is 1. The van der Waals surface area contributed by atoms with Crippen molar-refractivity contribution < 1.29 is 9.15 Å². The Morgan fingerprint density at radius 1 is 1.08 bits per heavy atom. The molecule has 0 spiro atoms. The standard InChI is InChI=1S/C19H26N4O2/c1-14-20-21-19(25-14)13-23-11-16-3-6-17(23)12-22(10-16)9-15-4-7-18(24-2)8-5-15/h4-5,7-8,16-17H,3,6,9-13H2,1-2H3/t16-,17+/m1/s1. The molecule has 1 aromatic carbocycles. The van der Waals surface area contributed by atoms with Crippen molar-refractivity contribution in [2.75, 3.05) is 26.7 Å². The van der Waals surface area contributed by atoms with E-state index in [1.54, 1.807) is 7.11 Å². The molecule has 134 valence electrons. The fourth-order valence-electron chi connectivity index (χ4n) is 4.16. The second-order valence-electron chi connectivity index (χ2n) is 7.28. The molecule has 6 nitrogen and oxygen atoms in total. The van der Waals surface area contributed by atoms with Gasteiger partial charge in [-0.15, -0.1) is 10.2 Å². The molecule has 0 aliphatic carbocycles. The Labute approximate surface area is 148 Å². The van der Waals surface area contributed by atoms with Crippen LogP contribution in [0.3, 0.4) is 0 Å². The summed E-state index contributed by atoms with van der Waals surface area (Å²) >= 11 is 0. The lowest BCUT2D eigenvalue weighted by Gasteiger charge is -2.35. The van der Waals surface area contributed by atoms with Gasteiger partial charge in [-0.3, -0.25) is 9.80 Å². The molecule has 0 amide bonds. The van der Waals surface area contributed by atoms with Crippen LogP contribution in [0, 0.1) is 12.8 Å². The zero-order valence-corrected chi connectivity index (χ0v) is 15.0. The summed E-state index contributed by atoms with van der Waals surface area (Å²) in [4.78, 5) is 5.14. The number of benzene rings is 1. The Balaban J connectivity index is 1.41. The lowest BCUT2D eigenvalue weighted by atomic mass is 9.95. The van der Waals surface area contributed by atoms with Crippen molar-refractivity contribution in [3.8, 4) is 5.75 Å². The highest BCUT2D eigenvalue weighted by Gasteiger charge is 2.35. The quantitative estimate of drug-likeness (QED) is 0.832. The van der Waals surface area contributed by atoms with Gasteiger partial charge in [-0.1, -0.05) is 12.1 Å². The Morgan fingerprint density at radius 3 is 2.64 bits per heavy atom. The van der Waals surface area contributed by atoms with Gasteiger partial charge >= 0.3 is 0 Å². The zero-order chi connectivity index (χ0) is 17.2. The normalized spacial score (nSPS) is 24.4. The molecule has 0 N–H and O–H groups in total. The van der Waals surface area contributed by atoms with Gasteiger partial charge in [0, 0.05) is 39.1 Å². The summed E-state index contributed by atoms with van der Waals surface area (Å²) in [5.74, 6) is 3.03. The lowest BCUT2D eigenvalue weighted by Crippen LogP contribution is -2.43. The molecule has 4 heterocycles. The highest BCUT2D eigenvalue weighted by Crippen LogP contribution is 2.30. The minimum atomic E-state index is 0.573. The number of nitrogens with zero attached hydrogens (tertiary/aromatic N) is 4. The van der Waals surface area contributed by atoms with E-state index >= 15 is 0 Å². The number of hydrogen-bond donors (Lipinski definition) is 0.